The summed E-state index contributed by atoms with van der Waals surface area (Å²) in [4.78, 5) is 0. The van der Waals surface area contributed by atoms with Crippen molar-refractivity contribution in [3.05, 3.63) is 34.5 Å². The van der Waals surface area contributed by atoms with Crippen molar-refractivity contribution in [1.82, 2.24) is 0 Å². The fourth-order valence-corrected chi connectivity index (χ4v) is 2.07. The molecule has 1 atom stereocenters. The van der Waals surface area contributed by atoms with Crippen LogP contribution in [0.15, 0.2) is 33.2 Å². The molecule has 3 heteroatoms. The Bertz CT molecular complexity index is 508. The summed E-state index contributed by atoms with van der Waals surface area (Å²) in [5, 5.41) is 11.1. The van der Waals surface area contributed by atoms with Gasteiger partial charge in [-0.3, -0.25) is 0 Å². The molecule has 1 aromatic carbocycles. The smallest absolute Gasteiger partial charge is 0.148 e. The van der Waals surface area contributed by atoms with Gasteiger partial charge in [0.05, 0.1) is 4.47 Å². The summed E-state index contributed by atoms with van der Waals surface area (Å²) in [5.74, 6) is 0.620. The number of para-hydroxylation sites is 1. The van der Waals surface area contributed by atoms with E-state index in [9.17, 15) is 5.11 Å². The molecule has 0 aliphatic rings. The van der Waals surface area contributed by atoms with E-state index in [2.05, 4.69) is 15.9 Å². The summed E-state index contributed by atoms with van der Waals surface area (Å²) in [6.45, 7) is 5.96. The number of fused-ring (bicyclic) bond motifs is 1. The van der Waals surface area contributed by atoms with Crippen LogP contribution in [-0.4, -0.2) is 5.11 Å². The summed E-state index contributed by atoms with van der Waals surface area (Å²) < 4.78 is 6.60. The molecule has 2 rings (SSSR count). The third-order valence-electron chi connectivity index (χ3n) is 2.60. The van der Waals surface area contributed by atoms with Crippen LogP contribution < -0.4 is 0 Å². The third-order valence-corrected chi connectivity index (χ3v) is 3.23. The molecule has 1 heterocycles. The zero-order valence-electron chi connectivity index (χ0n) is 9.62. The quantitative estimate of drug-likeness (QED) is 0.847. The number of hydrogen-bond acceptors (Lipinski definition) is 2. The van der Waals surface area contributed by atoms with Crippen LogP contribution in [0.5, 0.6) is 0 Å². The van der Waals surface area contributed by atoms with Gasteiger partial charge in [0, 0.05) is 5.39 Å². The summed E-state index contributed by atoms with van der Waals surface area (Å²) in [6.07, 6.45) is -0.591. The van der Waals surface area contributed by atoms with Crippen molar-refractivity contribution in [3.63, 3.8) is 0 Å². The van der Waals surface area contributed by atoms with E-state index in [4.69, 9.17) is 4.42 Å². The van der Waals surface area contributed by atoms with E-state index in [1.165, 1.54) is 0 Å². The van der Waals surface area contributed by atoms with Crippen molar-refractivity contribution >= 4 is 26.9 Å². The van der Waals surface area contributed by atoms with Gasteiger partial charge in [-0.15, -0.1) is 0 Å². The van der Waals surface area contributed by atoms with Crippen LogP contribution in [0, 0.1) is 5.41 Å². The summed E-state index contributed by atoms with van der Waals surface area (Å²) in [6, 6.07) is 7.76. The zero-order valence-corrected chi connectivity index (χ0v) is 11.2. The first-order valence-corrected chi connectivity index (χ1v) is 6.05. The summed E-state index contributed by atoms with van der Waals surface area (Å²) in [7, 11) is 0. The van der Waals surface area contributed by atoms with Crippen molar-refractivity contribution in [1.29, 1.82) is 0 Å². The zero-order chi connectivity index (χ0) is 11.9. The second-order valence-corrected chi connectivity index (χ2v) is 5.93. The topological polar surface area (TPSA) is 33.4 Å². The SMILES string of the molecule is CC(C)(C)C(O)c1cc2cccc(Br)c2o1. The molecule has 1 unspecified atom stereocenters. The van der Waals surface area contributed by atoms with Gasteiger partial charge in [-0.2, -0.15) is 0 Å². The summed E-state index contributed by atoms with van der Waals surface area (Å²) >= 11 is 3.43. The lowest BCUT2D eigenvalue weighted by Gasteiger charge is -2.23. The maximum Gasteiger partial charge on any atom is 0.148 e. The number of benzene rings is 1. The Morgan fingerprint density at radius 3 is 2.56 bits per heavy atom. The molecule has 0 saturated carbocycles. The molecular weight excluding hydrogens is 268 g/mol. The van der Waals surface area contributed by atoms with Crippen LogP contribution in [0.1, 0.15) is 32.6 Å². The lowest BCUT2D eigenvalue weighted by Crippen LogP contribution is -2.16. The minimum atomic E-state index is -0.591. The predicted octanol–water partition coefficient (Wildman–Crippen LogP) is 4.27. The van der Waals surface area contributed by atoms with Gasteiger partial charge in [0.15, 0.2) is 0 Å². The van der Waals surface area contributed by atoms with Gasteiger partial charge in [0.25, 0.3) is 0 Å². The fourth-order valence-electron chi connectivity index (χ4n) is 1.61. The number of aliphatic hydroxyl groups excluding tert-OH is 1. The molecule has 2 nitrogen and oxygen atoms in total. The Kier molecular flexibility index (Phi) is 2.84. The maximum absolute atomic E-state index is 10.1. The molecule has 1 N–H and O–H groups in total. The van der Waals surface area contributed by atoms with Crippen molar-refractivity contribution in [2.75, 3.05) is 0 Å². The molecule has 0 saturated heterocycles. The highest BCUT2D eigenvalue weighted by Crippen LogP contribution is 2.36. The van der Waals surface area contributed by atoms with Crippen LogP contribution in [0.25, 0.3) is 11.0 Å². The molecule has 0 amide bonds. The molecule has 16 heavy (non-hydrogen) atoms. The Balaban J connectivity index is 2.52. The van der Waals surface area contributed by atoms with Gasteiger partial charge in [0.2, 0.25) is 0 Å². The van der Waals surface area contributed by atoms with Crippen molar-refractivity contribution in [2.45, 2.75) is 26.9 Å². The minimum absolute atomic E-state index is 0.222. The number of aliphatic hydroxyl groups is 1. The number of hydrogen-bond donors (Lipinski definition) is 1. The number of halogens is 1. The fraction of sp³-hybridized carbons (Fsp3) is 0.385. The van der Waals surface area contributed by atoms with Crippen LogP contribution in [-0.2, 0) is 0 Å². The maximum atomic E-state index is 10.1. The lowest BCUT2D eigenvalue weighted by molar-refractivity contribution is 0.0448. The molecule has 0 aliphatic heterocycles. The first-order valence-electron chi connectivity index (χ1n) is 5.25. The Labute approximate surface area is 103 Å². The highest BCUT2D eigenvalue weighted by molar-refractivity contribution is 9.10. The number of furan rings is 1. The molecule has 0 spiro atoms. The van der Waals surface area contributed by atoms with E-state index in [0.717, 1.165) is 15.4 Å². The monoisotopic (exact) mass is 282 g/mol. The van der Waals surface area contributed by atoms with Crippen molar-refractivity contribution in [2.24, 2.45) is 5.41 Å². The molecule has 0 fully saturated rings. The van der Waals surface area contributed by atoms with Crippen molar-refractivity contribution < 1.29 is 9.52 Å². The van der Waals surface area contributed by atoms with Gasteiger partial charge in [-0.1, -0.05) is 32.9 Å². The lowest BCUT2D eigenvalue weighted by atomic mass is 9.88. The van der Waals surface area contributed by atoms with Gasteiger partial charge in [-0.25, -0.2) is 0 Å². The third kappa shape index (κ3) is 2.02. The highest BCUT2D eigenvalue weighted by atomic mass is 79.9. The van der Waals surface area contributed by atoms with Gasteiger partial charge in [-0.05, 0) is 33.5 Å². The molecule has 1 aromatic heterocycles. The van der Waals surface area contributed by atoms with Gasteiger partial charge >= 0.3 is 0 Å². The van der Waals surface area contributed by atoms with Crippen LogP contribution in [0.3, 0.4) is 0 Å². The number of rotatable bonds is 1. The van der Waals surface area contributed by atoms with E-state index >= 15 is 0 Å². The molecule has 86 valence electrons. The second kappa shape index (κ2) is 3.90. The highest BCUT2D eigenvalue weighted by Gasteiger charge is 2.27. The van der Waals surface area contributed by atoms with E-state index < -0.39 is 6.10 Å². The van der Waals surface area contributed by atoms with Crippen LogP contribution in [0.2, 0.25) is 0 Å². The first-order chi connectivity index (χ1) is 7.39. The Morgan fingerprint density at radius 1 is 1.31 bits per heavy atom. The first kappa shape index (κ1) is 11.7. The normalized spacial score (nSPS) is 14.3. The predicted molar refractivity (Wildman–Crippen MR) is 68.3 cm³/mol. The molecule has 2 aromatic rings. The largest absolute Gasteiger partial charge is 0.457 e. The Hall–Kier alpha value is -0.800. The van der Waals surface area contributed by atoms with E-state index in [-0.39, 0.29) is 5.41 Å². The molecule has 0 radical (unpaired) electrons. The average molecular weight is 283 g/mol. The van der Waals surface area contributed by atoms with E-state index in [1.807, 2.05) is 45.0 Å². The standard InChI is InChI=1S/C13H15BrO2/c1-13(2,3)12(15)10-7-8-5-4-6-9(14)11(8)16-10/h4-7,12,15H,1-3H3. The van der Waals surface area contributed by atoms with E-state index in [0.29, 0.717) is 5.76 Å². The van der Waals surface area contributed by atoms with E-state index in [1.54, 1.807) is 0 Å². The van der Waals surface area contributed by atoms with Crippen LogP contribution >= 0.6 is 15.9 Å². The second-order valence-electron chi connectivity index (χ2n) is 5.08. The molecule has 0 bridgehead atoms. The van der Waals surface area contributed by atoms with Crippen molar-refractivity contribution in [3.8, 4) is 0 Å². The van der Waals surface area contributed by atoms with Gasteiger partial charge < -0.3 is 9.52 Å². The minimum Gasteiger partial charge on any atom is -0.457 e. The Morgan fingerprint density at radius 2 is 2.00 bits per heavy atom. The molecule has 0 aliphatic carbocycles. The molecular formula is C13H15BrO2. The summed E-state index contributed by atoms with van der Waals surface area (Å²) in [5.41, 5.74) is 0.571. The van der Waals surface area contributed by atoms with Gasteiger partial charge in [0.1, 0.15) is 17.4 Å². The van der Waals surface area contributed by atoms with Crippen LogP contribution in [0.4, 0.5) is 0 Å². The average Bonchev–Trinajstić information content (AvgIpc) is 2.60.